The van der Waals surface area contributed by atoms with Crippen LogP contribution in [0.4, 0.5) is 0 Å². The predicted octanol–water partition coefficient (Wildman–Crippen LogP) is 13.5. The Morgan fingerprint density at radius 2 is 0.800 bits per heavy atom. The van der Waals surface area contributed by atoms with Crippen molar-refractivity contribution in [2.45, 2.75) is 0 Å². The molecule has 232 valence electrons. The Balaban J connectivity index is 1.21. The molecule has 2 aromatic heterocycles. The van der Waals surface area contributed by atoms with Crippen LogP contribution >= 0.6 is 0 Å². The maximum atomic E-state index is 6.37. The third-order valence-electron chi connectivity index (χ3n) is 10.6. The molecule has 50 heavy (non-hydrogen) atoms. The van der Waals surface area contributed by atoms with E-state index in [-0.39, 0.29) is 0 Å². The van der Waals surface area contributed by atoms with Crippen molar-refractivity contribution in [2.24, 2.45) is 0 Å². The van der Waals surface area contributed by atoms with Gasteiger partial charge in [-0.3, -0.25) is 0 Å². The van der Waals surface area contributed by atoms with Crippen molar-refractivity contribution in [1.82, 2.24) is 4.57 Å². The highest BCUT2D eigenvalue weighted by Crippen LogP contribution is 2.47. The van der Waals surface area contributed by atoms with Gasteiger partial charge in [0.05, 0.1) is 16.7 Å². The molecule has 0 aliphatic rings. The van der Waals surface area contributed by atoms with Crippen LogP contribution in [-0.2, 0) is 0 Å². The van der Waals surface area contributed by atoms with Gasteiger partial charge in [-0.2, -0.15) is 0 Å². The summed E-state index contributed by atoms with van der Waals surface area (Å²) in [6.45, 7) is 0. The van der Waals surface area contributed by atoms with Gasteiger partial charge in [0.15, 0.2) is 0 Å². The van der Waals surface area contributed by atoms with E-state index in [2.05, 4.69) is 168 Å². The Morgan fingerprint density at radius 3 is 1.44 bits per heavy atom. The van der Waals surface area contributed by atoms with E-state index in [9.17, 15) is 0 Å². The van der Waals surface area contributed by atoms with E-state index in [4.69, 9.17) is 4.42 Å². The van der Waals surface area contributed by atoms with E-state index < -0.39 is 0 Å². The van der Waals surface area contributed by atoms with E-state index in [0.29, 0.717) is 0 Å². The molecular formula is C48H29NO. The second-order valence-corrected chi connectivity index (χ2v) is 13.2. The molecule has 11 rings (SSSR count). The molecule has 0 fully saturated rings. The number of furan rings is 1. The first kappa shape index (κ1) is 27.3. The van der Waals surface area contributed by atoms with Crippen molar-refractivity contribution in [3.63, 3.8) is 0 Å². The summed E-state index contributed by atoms with van der Waals surface area (Å²) in [7, 11) is 0. The number of hydrogen-bond acceptors (Lipinski definition) is 1. The SMILES string of the molecule is c1ccc2c(c1)oc1cc(-c3c4ccccc4c(-c4ccc(-n5c6ccccc6c6ccccc65)c5ccccc45)c4ccccc34)ccc12. The second-order valence-electron chi connectivity index (χ2n) is 13.2. The zero-order valence-corrected chi connectivity index (χ0v) is 27.1. The zero-order chi connectivity index (χ0) is 32.8. The monoisotopic (exact) mass is 635 g/mol. The molecule has 0 aliphatic carbocycles. The molecule has 0 aliphatic heterocycles. The smallest absolute Gasteiger partial charge is 0.136 e. The summed E-state index contributed by atoms with van der Waals surface area (Å²) < 4.78 is 8.81. The lowest BCUT2D eigenvalue weighted by Gasteiger charge is -2.20. The Hall–Kier alpha value is -6.64. The second kappa shape index (κ2) is 10.4. The van der Waals surface area contributed by atoms with E-state index in [1.165, 1.54) is 76.5 Å². The van der Waals surface area contributed by atoms with Crippen LogP contribution in [0.3, 0.4) is 0 Å². The molecule has 0 spiro atoms. The molecule has 0 bridgehead atoms. The molecule has 0 radical (unpaired) electrons. The summed E-state index contributed by atoms with van der Waals surface area (Å²) >= 11 is 0. The highest BCUT2D eigenvalue weighted by Gasteiger charge is 2.21. The Morgan fingerprint density at radius 1 is 0.320 bits per heavy atom. The molecule has 0 saturated heterocycles. The molecule has 0 saturated carbocycles. The van der Waals surface area contributed by atoms with Crippen LogP contribution in [0.5, 0.6) is 0 Å². The number of nitrogens with zero attached hydrogens (tertiary/aromatic N) is 1. The van der Waals surface area contributed by atoms with Gasteiger partial charge in [-0.1, -0.05) is 140 Å². The van der Waals surface area contributed by atoms with Crippen molar-refractivity contribution in [3.8, 4) is 27.9 Å². The fourth-order valence-electron chi connectivity index (χ4n) is 8.49. The molecule has 11 aromatic rings. The zero-order valence-electron chi connectivity index (χ0n) is 27.1. The van der Waals surface area contributed by atoms with Crippen molar-refractivity contribution in [1.29, 1.82) is 0 Å². The molecule has 0 atom stereocenters. The van der Waals surface area contributed by atoms with Gasteiger partial charge < -0.3 is 8.98 Å². The van der Waals surface area contributed by atoms with Gasteiger partial charge in [-0.25, -0.2) is 0 Å². The molecule has 2 heterocycles. The lowest BCUT2D eigenvalue weighted by Crippen LogP contribution is -1.97. The van der Waals surface area contributed by atoms with E-state index in [1.54, 1.807) is 0 Å². The summed E-state index contributed by atoms with van der Waals surface area (Å²) in [5.41, 5.74) is 10.3. The maximum Gasteiger partial charge on any atom is 0.136 e. The fraction of sp³-hybridized carbons (Fsp3) is 0. The van der Waals surface area contributed by atoms with Crippen LogP contribution in [0.15, 0.2) is 180 Å². The van der Waals surface area contributed by atoms with Gasteiger partial charge in [-0.15, -0.1) is 0 Å². The van der Waals surface area contributed by atoms with Crippen LogP contribution in [0.25, 0.3) is 104 Å². The standard InChI is InChI=1S/C48H29NO/c1-2-14-32-31(13-1)41(27-28-44(32)49-42-22-10-7-15-33(42)34-16-8-11-23-43(34)49)48-39-20-5-3-18-37(39)47(38-19-4-6-21-40(38)48)30-25-26-36-35-17-9-12-24-45(35)50-46(36)29-30/h1-29H. The minimum absolute atomic E-state index is 0.910. The first-order chi connectivity index (χ1) is 24.8. The van der Waals surface area contributed by atoms with Gasteiger partial charge in [0, 0.05) is 26.9 Å². The van der Waals surface area contributed by atoms with Crippen LogP contribution in [0, 0.1) is 0 Å². The van der Waals surface area contributed by atoms with Crippen LogP contribution < -0.4 is 0 Å². The van der Waals surface area contributed by atoms with Crippen molar-refractivity contribution in [3.05, 3.63) is 176 Å². The summed E-state index contributed by atoms with van der Waals surface area (Å²) in [5.74, 6) is 0. The average Bonchev–Trinajstić information content (AvgIpc) is 3.72. The van der Waals surface area contributed by atoms with Gasteiger partial charge >= 0.3 is 0 Å². The Kier molecular flexibility index (Phi) is 5.70. The van der Waals surface area contributed by atoms with E-state index in [1.807, 2.05) is 12.1 Å². The average molecular weight is 636 g/mol. The fourth-order valence-corrected chi connectivity index (χ4v) is 8.49. The summed E-state index contributed by atoms with van der Waals surface area (Å²) in [5, 5.41) is 12.2. The highest BCUT2D eigenvalue weighted by atomic mass is 16.3. The van der Waals surface area contributed by atoms with Crippen LogP contribution in [0.1, 0.15) is 0 Å². The first-order valence-corrected chi connectivity index (χ1v) is 17.2. The lowest BCUT2D eigenvalue weighted by molar-refractivity contribution is 0.669. The number of fused-ring (bicyclic) bond motifs is 9. The molecule has 2 heteroatoms. The Labute approximate surface area is 288 Å². The molecule has 0 N–H and O–H groups in total. The number of para-hydroxylation sites is 3. The van der Waals surface area contributed by atoms with Crippen molar-refractivity contribution < 1.29 is 4.42 Å². The largest absolute Gasteiger partial charge is 0.456 e. The molecule has 0 unspecified atom stereocenters. The normalized spacial score (nSPS) is 12.0. The number of benzene rings is 9. The van der Waals surface area contributed by atoms with E-state index in [0.717, 1.165) is 27.5 Å². The maximum absolute atomic E-state index is 6.37. The minimum Gasteiger partial charge on any atom is -0.456 e. The van der Waals surface area contributed by atoms with Gasteiger partial charge in [0.1, 0.15) is 11.2 Å². The molecule has 0 amide bonds. The number of aromatic nitrogens is 1. The van der Waals surface area contributed by atoms with Gasteiger partial charge in [0.25, 0.3) is 0 Å². The lowest BCUT2D eigenvalue weighted by atomic mass is 9.84. The quantitative estimate of drug-likeness (QED) is 0.177. The third-order valence-corrected chi connectivity index (χ3v) is 10.6. The summed E-state index contributed by atoms with van der Waals surface area (Å²) in [4.78, 5) is 0. The summed E-state index contributed by atoms with van der Waals surface area (Å²) in [6, 6.07) is 63.8. The third kappa shape index (κ3) is 3.79. The molecule has 9 aromatic carbocycles. The van der Waals surface area contributed by atoms with Crippen molar-refractivity contribution in [2.75, 3.05) is 0 Å². The predicted molar refractivity (Wildman–Crippen MR) is 211 cm³/mol. The van der Waals surface area contributed by atoms with Gasteiger partial charge in [0.2, 0.25) is 0 Å². The molecule has 2 nitrogen and oxygen atoms in total. The Bertz CT molecular complexity index is 3050. The van der Waals surface area contributed by atoms with Crippen LogP contribution in [0.2, 0.25) is 0 Å². The topological polar surface area (TPSA) is 18.1 Å². The minimum atomic E-state index is 0.910. The van der Waals surface area contributed by atoms with Gasteiger partial charge in [-0.05, 0) is 85.6 Å². The number of hydrogen-bond donors (Lipinski definition) is 0. The molecular weight excluding hydrogens is 607 g/mol. The van der Waals surface area contributed by atoms with Crippen LogP contribution in [-0.4, -0.2) is 4.57 Å². The van der Waals surface area contributed by atoms with E-state index >= 15 is 0 Å². The highest BCUT2D eigenvalue weighted by molar-refractivity contribution is 6.24. The number of rotatable bonds is 3. The first-order valence-electron chi connectivity index (χ1n) is 17.2. The van der Waals surface area contributed by atoms with Crippen molar-refractivity contribution >= 4 is 76.1 Å². The summed E-state index contributed by atoms with van der Waals surface area (Å²) in [6.07, 6.45) is 0.